The van der Waals surface area contributed by atoms with Crippen molar-refractivity contribution in [3.05, 3.63) is 65.9 Å². The summed E-state index contributed by atoms with van der Waals surface area (Å²) in [6, 6.07) is 11.0. The Morgan fingerprint density at radius 1 is 1.30 bits per heavy atom. The van der Waals surface area contributed by atoms with Gasteiger partial charge in [-0.2, -0.15) is 0 Å². The number of fused-ring (bicyclic) bond motifs is 1. The average molecular weight is 313 g/mol. The Hall–Kier alpha value is -2.40. The minimum atomic E-state index is -0.340. The van der Waals surface area contributed by atoms with Crippen LogP contribution in [0.15, 0.2) is 48.8 Å². The lowest BCUT2D eigenvalue weighted by atomic mass is 10.1. The zero-order valence-corrected chi connectivity index (χ0v) is 13.3. The highest BCUT2D eigenvalue weighted by Gasteiger charge is 2.09. The van der Waals surface area contributed by atoms with Crippen LogP contribution in [-0.2, 0) is 6.42 Å². The second-order valence-corrected chi connectivity index (χ2v) is 5.52. The van der Waals surface area contributed by atoms with Crippen LogP contribution in [0.5, 0.6) is 5.75 Å². The molecule has 0 spiro atoms. The molecule has 0 radical (unpaired) electrons. The zero-order valence-electron chi connectivity index (χ0n) is 13.3. The molecular weight excluding hydrogens is 293 g/mol. The number of nitrogens with zero attached hydrogens (tertiary/aromatic N) is 2. The summed E-state index contributed by atoms with van der Waals surface area (Å²) < 4.78 is 20.5. The molecule has 0 aliphatic heterocycles. The summed E-state index contributed by atoms with van der Waals surface area (Å²) in [6.45, 7) is 2.85. The van der Waals surface area contributed by atoms with E-state index < -0.39 is 0 Å². The van der Waals surface area contributed by atoms with Crippen LogP contribution in [0.4, 0.5) is 4.39 Å². The lowest BCUT2D eigenvalue weighted by molar-refractivity contribution is 0.385. The molecule has 2 aromatic heterocycles. The Balaban J connectivity index is 1.59. The highest BCUT2D eigenvalue weighted by molar-refractivity contribution is 5.39. The topological polar surface area (TPSA) is 38.6 Å². The SMILES string of the molecule is COc1cc([C@@H](C)NCCc2cn3ccccc3n2)ccc1F. The molecule has 4 nitrogen and oxygen atoms in total. The Morgan fingerprint density at radius 2 is 2.17 bits per heavy atom. The third-order valence-electron chi connectivity index (χ3n) is 3.92. The number of imidazole rings is 1. The molecule has 0 saturated carbocycles. The summed E-state index contributed by atoms with van der Waals surface area (Å²) in [5, 5.41) is 3.44. The van der Waals surface area contributed by atoms with Crippen molar-refractivity contribution in [1.82, 2.24) is 14.7 Å². The number of hydrogen-bond donors (Lipinski definition) is 1. The summed E-state index contributed by atoms with van der Waals surface area (Å²) in [7, 11) is 1.48. The molecule has 5 heteroatoms. The lowest BCUT2D eigenvalue weighted by Gasteiger charge is -2.15. The van der Waals surface area contributed by atoms with Crippen LogP contribution in [0, 0.1) is 5.82 Å². The van der Waals surface area contributed by atoms with Gasteiger partial charge in [0.2, 0.25) is 0 Å². The van der Waals surface area contributed by atoms with Crippen LogP contribution in [0.3, 0.4) is 0 Å². The predicted octanol–water partition coefficient (Wildman–Crippen LogP) is 3.38. The van der Waals surface area contributed by atoms with Gasteiger partial charge in [-0.1, -0.05) is 12.1 Å². The van der Waals surface area contributed by atoms with Crippen molar-refractivity contribution in [3.63, 3.8) is 0 Å². The van der Waals surface area contributed by atoms with Gasteiger partial charge in [-0.05, 0) is 36.8 Å². The average Bonchev–Trinajstić information content (AvgIpc) is 2.97. The summed E-state index contributed by atoms with van der Waals surface area (Å²) in [5.74, 6) is -0.0651. The van der Waals surface area contributed by atoms with E-state index in [4.69, 9.17) is 4.74 Å². The van der Waals surface area contributed by atoms with E-state index in [0.29, 0.717) is 0 Å². The van der Waals surface area contributed by atoms with Gasteiger partial charge in [0, 0.05) is 31.4 Å². The van der Waals surface area contributed by atoms with Crippen molar-refractivity contribution in [2.75, 3.05) is 13.7 Å². The Kier molecular flexibility index (Phi) is 4.57. The van der Waals surface area contributed by atoms with Crippen molar-refractivity contribution in [2.45, 2.75) is 19.4 Å². The number of methoxy groups -OCH3 is 1. The highest BCUT2D eigenvalue weighted by Crippen LogP contribution is 2.22. The molecule has 3 rings (SSSR count). The second-order valence-electron chi connectivity index (χ2n) is 5.52. The first-order valence-electron chi connectivity index (χ1n) is 7.67. The quantitative estimate of drug-likeness (QED) is 0.758. The number of halogens is 1. The Labute approximate surface area is 134 Å². The van der Waals surface area contributed by atoms with Crippen molar-refractivity contribution < 1.29 is 9.13 Å². The molecular formula is C18H20FN3O. The number of rotatable bonds is 6. The van der Waals surface area contributed by atoms with Crippen molar-refractivity contribution >= 4 is 5.65 Å². The standard InChI is InChI=1S/C18H20FN3O/c1-13(14-6-7-16(19)17(11-14)23-2)20-9-8-15-12-22-10-4-3-5-18(22)21-15/h3-7,10-13,20H,8-9H2,1-2H3/t13-/m1/s1. The number of nitrogens with one attached hydrogen (secondary N) is 1. The van der Waals surface area contributed by atoms with Gasteiger partial charge < -0.3 is 14.5 Å². The van der Waals surface area contributed by atoms with Crippen LogP contribution in [0.25, 0.3) is 5.65 Å². The molecule has 0 aliphatic rings. The van der Waals surface area contributed by atoms with E-state index in [1.54, 1.807) is 12.1 Å². The fourth-order valence-corrected chi connectivity index (χ4v) is 2.59. The number of ether oxygens (including phenoxy) is 1. The van der Waals surface area contributed by atoms with Crippen molar-refractivity contribution in [1.29, 1.82) is 0 Å². The first kappa shape index (κ1) is 15.5. The third kappa shape index (κ3) is 3.51. The minimum absolute atomic E-state index is 0.113. The second kappa shape index (κ2) is 6.79. The summed E-state index contributed by atoms with van der Waals surface area (Å²) in [5.41, 5.74) is 3.00. The van der Waals surface area contributed by atoms with Crippen LogP contribution < -0.4 is 10.1 Å². The maximum absolute atomic E-state index is 13.5. The smallest absolute Gasteiger partial charge is 0.165 e. The van der Waals surface area contributed by atoms with Gasteiger partial charge in [-0.3, -0.25) is 0 Å². The first-order valence-corrected chi connectivity index (χ1v) is 7.67. The molecule has 23 heavy (non-hydrogen) atoms. The van der Waals surface area contributed by atoms with Gasteiger partial charge in [-0.25, -0.2) is 9.37 Å². The molecule has 3 aromatic rings. The molecule has 0 amide bonds. The Morgan fingerprint density at radius 3 is 2.96 bits per heavy atom. The number of pyridine rings is 1. The van der Waals surface area contributed by atoms with Gasteiger partial charge in [0.1, 0.15) is 5.65 Å². The maximum Gasteiger partial charge on any atom is 0.165 e. The fourth-order valence-electron chi connectivity index (χ4n) is 2.59. The molecule has 0 unspecified atom stereocenters. The van der Waals surface area contributed by atoms with E-state index in [1.165, 1.54) is 13.2 Å². The summed E-state index contributed by atoms with van der Waals surface area (Å²) >= 11 is 0. The monoisotopic (exact) mass is 313 g/mol. The van der Waals surface area contributed by atoms with Crippen LogP contribution >= 0.6 is 0 Å². The van der Waals surface area contributed by atoms with Gasteiger partial charge in [0.05, 0.1) is 12.8 Å². The van der Waals surface area contributed by atoms with Crippen LogP contribution in [0.2, 0.25) is 0 Å². The largest absolute Gasteiger partial charge is 0.494 e. The fraction of sp³-hybridized carbons (Fsp3) is 0.278. The Bertz CT molecular complexity index is 767. The molecule has 2 heterocycles. The predicted molar refractivity (Wildman–Crippen MR) is 88.3 cm³/mol. The molecule has 1 aromatic carbocycles. The van der Waals surface area contributed by atoms with E-state index in [-0.39, 0.29) is 17.6 Å². The highest BCUT2D eigenvalue weighted by atomic mass is 19.1. The first-order chi connectivity index (χ1) is 11.2. The number of benzene rings is 1. The summed E-state index contributed by atoms with van der Waals surface area (Å²) in [4.78, 5) is 4.57. The normalized spacial score (nSPS) is 12.5. The molecule has 0 fully saturated rings. The molecule has 0 bridgehead atoms. The van der Waals surface area contributed by atoms with Gasteiger partial charge in [-0.15, -0.1) is 0 Å². The van der Waals surface area contributed by atoms with Gasteiger partial charge >= 0.3 is 0 Å². The molecule has 1 N–H and O–H groups in total. The number of hydrogen-bond acceptors (Lipinski definition) is 3. The molecule has 120 valence electrons. The van der Waals surface area contributed by atoms with E-state index in [2.05, 4.69) is 17.2 Å². The van der Waals surface area contributed by atoms with Crippen molar-refractivity contribution in [3.8, 4) is 5.75 Å². The van der Waals surface area contributed by atoms with Crippen LogP contribution in [0.1, 0.15) is 24.2 Å². The maximum atomic E-state index is 13.5. The van der Waals surface area contributed by atoms with E-state index >= 15 is 0 Å². The van der Waals surface area contributed by atoms with E-state index in [9.17, 15) is 4.39 Å². The number of aromatic nitrogens is 2. The van der Waals surface area contributed by atoms with Crippen LogP contribution in [-0.4, -0.2) is 23.0 Å². The minimum Gasteiger partial charge on any atom is -0.494 e. The van der Waals surface area contributed by atoms with Gasteiger partial charge in [0.25, 0.3) is 0 Å². The van der Waals surface area contributed by atoms with E-state index in [1.807, 2.05) is 35.0 Å². The van der Waals surface area contributed by atoms with Crippen molar-refractivity contribution in [2.24, 2.45) is 0 Å². The third-order valence-corrected chi connectivity index (χ3v) is 3.92. The molecule has 0 aliphatic carbocycles. The summed E-state index contributed by atoms with van der Waals surface area (Å²) in [6.07, 6.45) is 4.87. The molecule has 1 atom stereocenters. The molecule has 0 saturated heterocycles. The lowest BCUT2D eigenvalue weighted by Crippen LogP contribution is -2.21. The zero-order chi connectivity index (χ0) is 16.2. The van der Waals surface area contributed by atoms with E-state index in [0.717, 1.165) is 29.9 Å². The van der Waals surface area contributed by atoms with Gasteiger partial charge in [0.15, 0.2) is 11.6 Å².